The number of urea groups is 1. The predicted molar refractivity (Wildman–Crippen MR) is 66.7 cm³/mol. The Balaban J connectivity index is 1.51. The topological polar surface area (TPSA) is 87.7 Å². The van der Waals surface area contributed by atoms with Crippen molar-refractivity contribution in [2.45, 2.75) is 44.2 Å². The molecule has 19 heavy (non-hydrogen) atoms. The van der Waals surface area contributed by atoms with E-state index in [9.17, 15) is 9.59 Å². The predicted octanol–water partition coefficient (Wildman–Crippen LogP) is 0.718. The zero-order chi connectivity index (χ0) is 13.5. The Kier molecular flexibility index (Phi) is 3.12. The number of amides is 2. The highest BCUT2D eigenvalue weighted by molar-refractivity contribution is 5.75. The molecule has 0 aromatic carbocycles. The molecule has 1 heterocycles. The number of carbonyl (C=O) groups excluding carboxylic acids is 1. The maximum atomic E-state index is 11.8. The summed E-state index contributed by atoms with van der Waals surface area (Å²) in [6, 6.07) is -0.0403. The lowest BCUT2D eigenvalue weighted by Crippen LogP contribution is -2.72. The standard InChI is InChI=1S/C13H20N2O4/c16-9(17)2-6-14-12(18)15-10-8-3-7-19-11(8)13(10)4-1-5-13/h8,10-11H,1-7H2,(H,16,17)(H2,14,15,18). The first-order chi connectivity index (χ1) is 9.13. The third kappa shape index (κ3) is 1.98. The second-order valence-electron chi connectivity index (χ2n) is 5.85. The molecule has 3 rings (SSSR count). The SMILES string of the molecule is O=C(O)CCNC(=O)NC1C2CCOC2C12CCC2. The molecule has 0 bridgehead atoms. The molecule has 6 nitrogen and oxygen atoms in total. The van der Waals surface area contributed by atoms with Gasteiger partial charge in [0, 0.05) is 30.5 Å². The fourth-order valence-electron chi connectivity index (χ4n) is 3.93. The van der Waals surface area contributed by atoms with Crippen LogP contribution in [0, 0.1) is 11.3 Å². The summed E-state index contributed by atoms with van der Waals surface area (Å²) in [7, 11) is 0. The molecular weight excluding hydrogens is 248 g/mol. The normalized spacial score (nSPS) is 34.0. The Morgan fingerprint density at radius 1 is 1.37 bits per heavy atom. The summed E-state index contributed by atoms with van der Waals surface area (Å²) in [6.45, 7) is 0.974. The summed E-state index contributed by atoms with van der Waals surface area (Å²) in [4.78, 5) is 22.2. The van der Waals surface area contributed by atoms with E-state index >= 15 is 0 Å². The summed E-state index contributed by atoms with van der Waals surface area (Å²) < 4.78 is 5.78. The Morgan fingerprint density at radius 3 is 2.79 bits per heavy atom. The maximum absolute atomic E-state index is 11.8. The molecule has 0 aromatic rings. The molecule has 3 aliphatic rings. The number of nitrogens with one attached hydrogen (secondary N) is 2. The molecule has 3 atom stereocenters. The minimum atomic E-state index is -0.899. The minimum absolute atomic E-state index is 0.0433. The smallest absolute Gasteiger partial charge is 0.315 e. The van der Waals surface area contributed by atoms with Crippen LogP contribution in [0.15, 0.2) is 0 Å². The number of fused-ring (bicyclic) bond motifs is 2. The van der Waals surface area contributed by atoms with Crippen LogP contribution in [0.25, 0.3) is 0 Å². The van der Waals surface area contributed by atoms with Gasteiger partial charge in [-0.05, 0) is 19.3 Å². The van der Waals surface area contributed by atoms with Crippen molar-refractivity contribution in [3.63, 3.8) is 0 Å². The van der Waals surface area contributed by atoms with E-state index in [1.54, 1.807) is 0 Å². The van der Waals surface area contributed by atoms with Gasteiger partial charge in [0.2, 0.25) is 0 Å². The molecule has 1 spiro atoms. The van der Waals surface area contributed by atoms with E-state index in [4.69, 9.17) is 9.84 Å². The van der Waals surface area contributed by atoms with Crippen LogP contribution in [-0.4, -0.2) is 42.4 Å². The quantitative estimate of drug-likeness (QED) is 0.701. The van der Waals surface area contributed by atoms with Crippen LogP contribution >= 0.6 is 0 Å². The molecule has 106 valence electrons. The van der Waals surface area contributed by atoms with Crippen molar-refractivity contribution < 1.29 is 19.4 Å². The molecule has 0 aromatic heterocycles. The van der Waals surface area contributed by atoms with Gasteiger partial charge in [0.05, 0.1) is 12.5 Å². The number of carbonyl (C=O) groups is 2. The third-order valence-electron chi connectivity index (χ3n) is 4.95. The molecular formula is C13H20N2O4. The molecule has 3 N–H and O–H groups in total. The van der Waals surface area contributed by atoms with E-state index in [0.717, 1.165) is 25.9 Å². The van der Waals surface area contributed by atoms with Crippen LogP contribution in [0.5, 0.6) is 0 Å². The highest BCUT2D eigenvalue weighted by Gasteiger charge is 2.66. The second-order valence-corrected chi connectivity index (χ2v) is 5.85. The van der Waals surface area contributed by atoms with E-state index in [1.165, 1.54) is 6.42 Å². The summed E-state index contributed by atoms with van der Waals surface area (Å²) >= 11 is 0. The molecule has 2 amide bonds. The lowest BCUT2D eigenvalue weighted by atomic mass is 9.46. The average molecular weight is 268 g/mol. The monoisotopic (exact) mass is 268 g/mol. The van der Waals surface area contributed by atoms with Gasteiger partial charge in [-0.1, -0.05) is 6.42 Å². The van der Waals surface area contributed by atoms with Crippen molar-refractivity contribution >= 4 is 12.0 Å². The van der Waals surface area contributed by atoms with Crippen LogP contribution in [0.2, 0.25) is 0 Å². The van der Waals surface area contributed by atoms with Gasteiger partial charge in [-0.2, -0.15) is 0 Å². The number of hydrogen-bond acceptors (Lipinski definition) is 3. The zero-order valence-electron chi connectivity index (χ0n) is 10.9. The highest BCUT2D eigenvalue weighted by Crippen LogP contribution is 2.62. The number of carboxylic acid groups (broad SMARTS) is 1. The second kappa shape index (κ2) is 4.67. The van der Waals surface area contributed by atoms with E-state index in [1.807, 2.05) is 0 Å². The van der Waals surface area contributed by atoms with Crippen molar-refractivity contribution in [3.8, 4) is 0 Å². The first kappa shape index (κ1) is 12.7. The first-order valence-electron chi connectivity index (χ1n) is 7.01. The summed E-state index contributed by atoms with van der Waals surface area (Å²) in [6.07, 6.45) is 4.80. The van der Waals surface area contributed by atoms with Crippen molar-refractivity contribution in [3.05, 3.63) is 0 Å². The molecule has 2 aliphatic carbocycles. The molecule has 1 saturated heterocycles. The van der Waals surface area contributed by atoms with Crippen LogP contribution in [0.4, 0.5) is 4.79 Å². The van der Waals surface area contributed by atoms with Gasteiger partial charge in [-0.25, -0.2) is 4.79 Å². The number of rotatable bonds is 4. The molecule has 6 heteroatoms. The summed E-state index contributed by atoms with van der Waals surface area (Å²) in [5.41, 5.74) is 0.172. The van der Waals surface area contributed by atoms with Crippen LogP contribution < -0.4 is 10.6 Å². The summed E-state index contributed by atoms with van der Waals surface area (Å²) in [5, 5.41) is 14.2. The Morgan fingerprint density at radius 2 is 2.16 bits per heavy atom. The minimum Gasteiger partial charge on any atom is -0.481 e. The van der Waals surface area contributed by atoms with E-state index in [-0.39, 0.29) is 30.5 Å². The van der Waals surface area contributed by atoms with Crippen LogP contribution in [0.3, 0.4) is 0 Å². The third-order valence-corrected chi connectivity index (χ3v) is 4.95. The lowest BCUT2D eigenvalue weighted by molar-refractivity contribution is -0.172. The number of carboxylic acids is 1. The van der Waals surface area contributed by atoms with Crippen LogP contribution in [-0.2, 0) is 9.53 Å². The van der Waals surface area contributed by atoms with Crippen molar-refractivity contribution in [2.24, 2.45) is 11.3 Å². The zero-order valence-corrected chi connectivity index (χ0v) is 10.9. The van der Waals surface area contributed by atoms with Gasteiger partial charge < -0.3 is 20.5 Å². The van der Waals surface area contributed by atoms with E-state index in [2.05, 4.69) is 10.6 Å². The molecule has 1 aliphatic heterocycles. The lowest BCUT2D eigenvalue weighted by Gasteiger charge is -2.63. The summed E-state index contributed by atoms with van der Waals surface area (Å²) in [5.74, 6) is -0.450. The van der Waals surface area contributed by atoms with Gasteiger partial charge in [0.25, 0.3) is 0 Å². The van der Waals surface area contributed by atoms with Crippen molar-refractivity contribution in [1.29, 1.82) is 0 Å². The van der Waals surface area contributed by atoms with Gasteiger partial charge in [-0.15, -0.1) is 0 Å². The Bertz CT molecular complexity index is 394. The fourth-order valence-corrected chi connectivity index (χ4v) is 3.93. The molecule has 3 fully saturated rings. The highest BCUT2D eigenvalue weighted by atomic mass is 16.5. The maximum Gasteiger partial charge on any atom is 0.315 e. The van der Waals surface area contributed by atoms with E-state index in [0.29, 0.717) is 12.0 Å². The average Bonchev–Trinajstić information content (AvgIpc) is 2.69. The van der Waals surface area contributed by atoms with Gasteiger partial charge in [0.15, 0.2) is 0 Å². The number of ether oxygens (including phenoxy) is 1. The molecule has 3 unspecified atom stereocenters. The van der Waals surface area contributed by atoms with Gasteiger partial charge in [-0.3, -0.25) is 4.79 Å². The first-order valence-corrected chi connectivity index (χ1v) is 7.01. The Hall–Kier alpha value is -1.30. The van der Waals surface area contributed by atoms with Crippen LogP contribution in [0.1, 0.15) is 32.1 Å². The van der Waals surface area contributed by atoms with Gasteiger partial charge in [0.1, 0.15) is 0 Å². The molecule has 2 saturated carbocycles. The van der Waals surface area contributed by atoms with Gasteiger partial charge >= 0.3 is 12.0 Å². The van der Waals surface area contributed by atoms with Crippen molar-refractivity contribution in [1.82, 2.24) is 10.6 Å². The number of aliphatic carboxylic acids is 1. The Labute approximate surface area is 111 Å². The van der Waals surface area contributed by atoms with Crippen molar-refractivity contribution in [2.75, 3.05) is 13.2 Å². The number of hydrogen-bond donors (Lipinski definition) is 3. The van der Waals surface area contributed by atoms with E-state index < -0.39 is 5.97 Å². The molecule has 0 radical (unpaired) electrons. The largest absolute Gasteiger partial charge is 0.481 e. The fraction of sp³-hybridized carbons (Fsp3) is 0.846.